The van der Waals surface area contributed by atoms with Gasteiger partial charge in [0, 0.05) is 15.8 Å². The number of hydrogen-bond donors (Lipinski definition) is 1. The second-order valence-corrected chi connectivity index (χ2v) is 6.46. The van der Waals surface area contributed by atoms with E-state index in [1.165, 1.54) is 5.56 Å². The van der Waals surface area contributed by atoms with Gasteiger partial charge in [-0.3, -0.25) is 0 Å². The number of hydrogen-bond acceptors (Lipinski definition) is 3. The smallest absolute Gasteiger partial charge is 0.187 e. The van der Waals surface area contributed by atoms with Crippen LogP contribution in [0.4, 0.5) is 0 Å². The van der Waals surface area contributed by atoms with Crippen LogP contribution in [0, 0.1) is 0 Å². The van der Waals surface area contributed by atoms with Crippen molar-refractivity contribution in [2.75, 3.05) is 5.84 Å². The van der Waals surface area contributed by atoms with Crippen LogP contribution in [0.2, 0.25) is 0 Å². The quantitative estimate of drug-likeness (QED) is 0.557. The third-order valence-corrected chi connectivity index (χ3v) is 4.62. The predicted molar refractivity (Wildman–Crippen MR) is 91.5 cm³/mol. The molecule has 0 spiro atoms. The Kier molecular flexibility index (Phi) is 4.31. The lowest BCUT2D eigenvalue weighted by Crippen LogP contribution is -2.07. The Morgan fingerprint density at radius 2 is 1.76 bits per heavy atom. The largest absolute Gasteiger partial charge is 0.337 e. The highest BCUT2D eigenvalue weighted by atomic mass is 79.9. The molecule has 1 aromatic heterocycles. The van der Waals surface area contributed by atoms with Gasteiger partial charge in [-0.2, -0.15) is 0 Å². The maximum atomic E-state index is 5.99. The van der Waals surface area contributed by atoms with Gasteiger partial charge in [0.25, 0.3) is 0 Å². The summed E-state index contributed by atoms with van der Waals surface area (Å²) in [7, 11) is 0. The SMILES string of the molecule is Nn1cc(-c2ccccc2)nc1SCc1ccc(Br)cc1. The summed E-state index contributed by atoms with van der Waals surface area (Å²) in [5.41, 5.74) is 3.22. The first-order valence-corrected chi connectivity index (χ1v) is 8.27. The molecule has 2 aromatic carbocycles. The van der Waals surface area contributed by atoms with Gasteiger partial charge in [-0.1, -0.05) is 70.2 Å². The zero-order chi connectivity index (χ0) is 14.7. The highest BCUT2D eigenvalue weighted by Crippen LogP contribution is 2.25. The van der Waals surface area contributed by atoms with Crippen molar-refractivity contribution in [3.8, 4) is 11.3 Å². The van der Waals surface area contributed by atoms with Crippen molar-refractivity contribution >= 4 is 27.7 Å². The summed E-state index contributed by atoms with van der Waals surface area (Å²) in [6.07, 6.45) is 1.86. The van der Waals surface area contributed by atoms with Crippen molar-refractivity contribution in [1.82, 2.24) is 9.66 Å². The molecule has 0 saturated carbocycles. The molecule has 5 heteroatoms. The number of nitrogens with two attached hydrogens (primary N) is 1. The van der Waals surface area contributed by atoms with E-state index in [2.05, 4.69) is 33.0 Å². The molecule has 3 rings (SSSR count). The van der Waals surface area contributed by atoms with Crippen LogP contribution in [0.1, 0.15) is 5.56 Å². The van der Waals surface area contributed by atoms with E-state index in [1.54, 1.807) is 16.4 Å². The maximum absolute atomic E-state index is 5.99. The van der Waals surface area contributed by atoms with E-state index in [0.29, 0.717) is 0 Å². The Hall–Kier alpha value is -1.72. The van der Waals surface area contributed by atoms with Crippen molar-refractivity contribution < 1.29 is 0 Å². The number of thioether (sulfide) groups is 1. The van der Waals surface area contributed by atoms with Crippen molar-refractivity contribution in [1.29, 1.82) is 0 Å². The molecule has 2 N–H and O–H groups in total. The van der Waals surface area contributed by atoms with Crippen molar-refractivity contribution in [2.45, 2.75) is 10.9 Å². The zero-order valence-corrected chi connectivity index (χ0v) is 13.6. The van der Waals surface area contributed by atoms with E-state index >= 15 is 0 Å². The third kappa shape index (κ3) is 3.49. The average Bonchev–Trinajstić information content (AvgIpc) is 2.89. The molecule has 0 aliphatic rings. The van der Waals surface area contributed by atoms with Gasteiger partial charge in [0.2, 0.25) is 0 Å². The second-order valence-electron chi connectivity index (χ2n) is 4.60. The van der Waals surface area contributed by atoms with Gasteiger partial charge < -0.3 is 5.84 Å². The van der Waals surface area contributed by atoms with Gasteiger partial charge in [0.05, 0.1) is 11.9 Å². The molecule has 1 heterocycles. The van der Waals surface area contributed by atoms with Gasteiger partial charge in [-0.15, -0.1) is 0 Å². The lowest BCUT2D eigenvalue weighted by atomic mass is 10.2. The van der Waals surface area contributed by atoms with Crippen LogP contribution in [0.3, 0.4) is 0 Å². The Morgan fingerprint density at radius 1 is 1.05 bits per heavy atom. The first-order valence-electron chi connectivity index (χ1n) is 6.49. The Bertz CT molecular complexity index is 723. The van der Waals surface area contributed by atoms with E-state index in [4.69, 9.17) is 5.84 Å². The summed E-state index contributed by atoms with van der Waals surface area (Å²) in [6.45, 7) is 0. The van der Waals surface area contributed by atoms with Gasteiger partial charge in [-0.25, -0.2) is 9.66 Å². The van der Waals surface area contributed by atoms with Crippen LogP contribution in [-0.2, 0) is 5.75 Å². The number of rotatable bonds is 4. The van der Waals surface area contributed by atoms with E-state index in [0.717, 1.165) is 26.6 Å². The van der Waals surface area contributed by atoms with Gasteiger partial charge in [0.15, 0.2) is 5.16 Å². The van der Waals surface area contributed by atoms with Gasteiger partial charge in [-0.05, 0) is 17.7 Å². The fraction of sp³-hybridized carbons (Fsp3) is 0.0625. The number of aromatic nitrogens is 2. The molecule has 0 aliphatic heterocycles. The lowest BCUT2D eigenvalue weighted by Gasteiger charge is -2.01. The third-order valence-electron chi connectivity index (χ3n) is 3.05. The highest BCUT2D eigenvalue weighted by molar-refractivity contribution is 9.10. The summed E-state index contributed by atoms with van der Waals surface area (Å²) >= 11 is 5.07. The zero-order valence-electron chi connectivity index (χ0n) is 11.2. The van der Waals surface area contributed by atoms with Gasteiger partial charge >= 0.3 is 0 Å². The first-order chi connectivity index (χ1) is 10.2. The fourth-order valence-corrected chi connectivity index (χ4v) is 3.08. The Balaban J connectivity index is 1.74. The molecule has 0 radical (unpaired) electrons. The van der Waals surface area contributed by atoms with Crippen LogP contribution in [0.25, 0.3) is 11.3 Å². The molecule has 0 fully saturated rings. The minimum Gasteiger partial charge on any atom is -0.337 e. The summed E-state index contributed by atoms with van der Waals surface area (Å²) < 4.78 is 2.68. The molecular weight excluding hydrogens is 346 g/mol. The Morgan fingerprint density at radius 3 is 2.48 bits per heavy atom. The van der Waals surface area contributed by atoms with Crippen molar-refractivity contribution in [3.05, 3.63) is 70.8 Å². The molecule has 3 aromatic rings. The number of halogens is 1. The molecule has 0 amide bonds. The van der Waals surface area contributed by atoms with E-state index in [1.807, 2.05) is 48.7 Å². The standard InChI is InChI=1S/C16H14BrN3S/c17-14-8-6-12(7-9-14)11-21-16-19-15(10-20(16)18)13-4-2-1-3-5-13/h1-10H,11,18H2. The molecular formula is C16H14BrN3S. The molecule has 0 saturated heterocycles. The summed E-state index contributed by atoms with van der Waals surface area (Å²) in [6, 6.07) is 18.3. The molecule has 0 aliphatic carbocycles. The summed E-state index contributed by atoms with van der Waals surface area (Å²) in [4.78, 5) is 4.60. The normalized spacial score (nSPS) is 10.7. The second kappa shape index (κ2) is 6.37. The Labute approximate surface area is 136 Å². The minimum absolute atomic E-state index is 0.816. The molecule has 0 unspecified atom stereocenters. The number of nitrogens with zero attached hydrogens (tertiary/aromatic N) is 2. The summed E-state index contributed by atoms with van der Waals surface area (Å²) in [5, 5.41) is 0.816. The van der Waals surface area contributed by atoms with Crippen molar-refractivity contribution in [2.24, 2.45) is 0 Å². The first kappa shape index (κ1) is 14.2. The van der Waals surface area contributed by atoms with Crippen molar-refractivity contribution in [3.63, 3.8) is 0 Å². The number of imidazole rings is 1. The fourth-order valence-electron chi connectivity index (χ4n) is 1.96. The summed E-state index contributed by atoms with van der Waals surface area (Å²) in [5.74, 6) is 6.84. The average molecular weight is 360 g/mol. The molecule has 0 bridgehead atoms. The van der Waals surface area contributed by atoms with Crippen LogP contribution in [0.15, 0.2) is 70.4 Å². The number of benzene rings is 2. The monoisotopic (exact) mass is 359 g/mol. The topological polar surface area (TPSA) is 43.8 Å². The molecule has 0 atom stereocenters. The van der Waals surface area contributed by atoms with E-state index < -0.39 is 0 Å². The van der Waals surface area contributed by atoms with Crippen LogP contribution in [0.5, 0.6) is 0 Å². The van der Waals surface area contributed by atoms with E-state index in [-0.39, 0.29) is 0 Å². The van der Waals surface area contributed by atoms with Gasteiger partial charge in [0.1, 0.15) is 0 Å². The highest BCUT2D eigenvalue weighted by Gasteiger charge is 2.08. The predicted octanol–water partition coefficient (Wildman–Crippen LogP) is 4.32. The van der Waals surface area contributed by atoms with E-state index in [9.17, 15) is 0 Å². The van der Waals surface area contributed by atoms with Crippen LogP contribution >= 0.6 is 27.7 Å². The van der Waals surface area contributed by atoms with Crippen LogP contribution in [-0.4, -0.2) is 9.66 Å². The molecule has 21 heavy (non-hydrogen) atoms. The molecule has 106 valence electrons. The maximum Gasteiger partial charge on any atom is 0.187 e. The van der Waals surface area contributed by atoms with Crippen LogP contribution < -0.4 is 5.84 Å². The molecule has 3 nitrogen and oxygen atoms in total. The minimum atomic E-state index is 0.816. The number of nitrogen functional groups attached to an aromatic ring is 1. The lowest BCUT2D eigenvalue weighted by molar-refractivity contribution is 0.851.